The van der Waals surface area contributed by atoms with Crippen molar-refractivity contribution < 1.29 is 9.15 Å². The molecule has 0 aliphatic heterocycles. The van der Waals surface area contributed by atoms with Crippen LogP contribution in [0.2, 0.25) is 0 Å². The highest BCUT2D eigenvalue weighted by atomic mass is 16.5. The summed E-state index contributed by atoms with van der Waals surface area (Å²) in [5, 5.41) is 11.2. The monoisotopic (exact) mass is 282 g/mol. The maximum atomic E-state index is 5.36. The molecule has 0 fully saturated rings. The van der Waals surface area contributed by atoms with Gasteiger partial charge in [-0.2, -0.15) is 10.2 Å². The molecule has 0 unspecified atom stereocenters. The summed E-state index contributed by atoms with van der Waals surface area (Å²) in [7, 11) is 1.64. The van der Waals surface area contributed by atoms with E-state index in [4.69, 9.17) is 9.15 Å². The van der Waals surface area contributed by atoms with Gasteiger partial charge in [0, 0.05) is 11.8 Å². The molecule has 0 bridgehead atoms. The van der Waals surface area contributed by atoms with Crippen LogP contribution in [0.25, 0.3) is 11.3 Å². The number of anilines is 1. The molecular weight excluding hydrogens is 268 g/mol. The molecular formula is C15H14N4O2. The van der Waals surface area contributed by atoms with E-state index in [9.17, 15) is 0 Å². The maximum absolute atomic E-state index is 5.36. The first-order chi connectivity index (χ1) is 10.4. The fourth-order valence-electron chi connectivity index (χ4n) is 1.97. The zero-order valence-electron chi connectivity index (χ0n) is 11.5. The Bertz CT molecular complexity index is 699. The van der Waals surface area contributed by atoms with E-state index in [1.54, 1.807) is 19.5 Å². The van der Waals surface area contributed by atoms with Crippen molar-refractivity contribution in [2.45, 2.75) is 6.54 Å². The van der Waals surface area contributed by atoms with Crippen LogP contribution in [0.4, 0.5) is 5.69 Å². The van der Waals surface area contributed by atoms with Gasteiger partial charge in [-0.05, 0) is 30.3 Å². The van der Waals surface area contributed by atoms with Gasteiger partial charge >= 0.3 is 0 Å². The molecule has 106 valence electrons. The van der Waals surface area contributed by atoms with Crippen LogP contribution >= 0.6 is 0 Å². The molecule has 21 heavy (non-hydrogen) atoms. The van der Waals surface area contributed by atoms with Gasteiger partial charge in [-0.3, -0.25) is 0 Å². The Balaban J connectivity index is 1.84. The molecule has 0 aliphatic carbocycles. The Labute approximate surface area is 121 Å². The normalized spacial score (nSPS) is 10.3. The van der Waals surface area contributed by atoms with Crippen molar-refractivity contribution in [1.29, 1.82) is 0 Å². The Morgan fingerprint density at radius 1 is 1.29 bits per heavy atom. The van der Waals surface area contributed by atoms with Crippen molar-refractivity contribution >= 4 is 5.69 Å². The molecule has 0 aliphatic rings. The highest BCUT2D eigenvalue weighted by Gasteiger charge is 2.08. The second-order valence-electron chi connectivity index (χ2n) is 4.35. The van der Waals surface area contributed by atoms with E-state index in [0.29, 0.717) is 12.3 Å². The van der Waals surface area contributed by atoms with Crippen LogP contribution < -0.4 is 10.1 Å². The lowest BCUT2D eigenvalue weighted by Crippen LogP contribution is -2.03. The van der Waals surface area contributed by atoms with Crippen LogP contribution in [0.1, 0.15) is 5.69 Å². The summed E-state index contributed by atoms with van der Waals surface area (Å²) in [6, 6.07) is 9.53. The first-order valence-electron chi connectivity index (χ1n) is 6.44. The van der Waals surface area contributed by atoms with Crippen LogP contribution in [0, 0.1) is 0 Å². The topological polar surface area (TPSA) is 73.1 Å². The first-order valence-corrected chi connectivity index (χ1v) is 6.44. The number of rotatable bonds is 5. The molecule has 0 amide bonds. The molecule has 0 radical (unpaired) electrons. The molecule has 1 N–H and O–H groups in total. The van der Waals surface area contributed by atoms with Gasteiger partial charge in [0.15, 0.2) is 12.2 Å². The minimum atomic E-state index is 0.560. The number of hydrogen-bond acceptors (Lipinski definition) is 6. The Kier molecular flexibility index (Phi) is 3.77. The number of benzene rings is 1. The van der Waals surface area contributed by atoms with Gasteiger partial charge in [0.05, 0.1) is 31.2 Å². The van der Waals surface area contributed by atoms with Crippen molar-refractivity contribution in [3.8, 4) is 17.1 Å². The van der Waals surface area contributed by atoms with Crippen molar-refractivity contribution in [3.63, 3.8) is 0 Å². The number of ether oxygens (including phenoxy) is 1. The highest BCUT2D eigenvalue weighted by molar-refractivity contribution is 5.68. The van der Waals surface area contributed by atoms with E-state index >= 15 is 0 Å². The molecule has 6 heteroatoms. The van der Waals surface area contributed by atoms with Crippen molar-refractivity contribution in [3.05, 3.63) is 54.8 Å². The van der Waals surface area contributed by atoms with E-state index in [1.807, 2.05) is 30.3 Å². The van der Waals surface area contributed by atoms with E-state index in [2.05, 4.69) is 20.5 Å². The second kappa shape index (κ2) is 6.04. The third-order valence-corrected chi connectivity index (χ3v) is 3.00. The number of hydrogen-bond donors (Lipinski definition) is 1. The Morgan fingerprint density at radius 2 is 2.24 bits per heavy atom. The van der Waals surface area contributed by atoms with Crippen molar-refractivity contribution in [2.75, 3.05) is 12.4 Å². The van der Waals surface area contributed by atoms with Crippen LogP contribution in [0.3, 0.4) is 0 Å². The van der Waals surface area contributed by atoms with Gasteiger partial charge in [-0.15, -0.1) is 0 Å². The molecule has 0 spiro atoms. The molecule has 6 nitrogen and oxygen atoms in total. The average molecular weight is 282 g/mol. The van der Waals surface area contributed by atoms with Gasteiger partial charge < -0.3 is 14.5 Å². The fourth-order valence-corrected chi connectivity index (χ4v) is 1.97. The van der Waals surface area contributed by atoms with Gasteiger partial charge in [0.2, 0.25) is 0 Å². The standard InChI is InChI=1S/C15H14N4O2/c1-20-14-5-4-11(15-9-16-10-21-15)7-13(14)17-8-12-3-2-6-18-19-12/h2-7,9-10,17H,8H2,1H3. The van der Waals surface area contributed by atoms with E-state index < -0.39 is 0 Å². The summed E-state index contributed by atoms with van der Waals surface area (Å²) in [5.74, 6) is 1.46. The lowest BCUT2D eigenvalue weighted by molar-refractivity contribution is 0.416. The molecule has 2 heterocycles. The summed E-state index contributed by atoms with van der Waals surface area (Å²) >= 11 is 0. The van der Waals surface area contributed by atoms with E-state index in [1.165, 1.54) is 6.39 Å². The minimum absolute atomic E-state index is 0.560. The first kappa shape index (κ1) is 13.1. The number of oxazole rings is 1. The Morgan fingerprint density at radius 3 is 2.95 bits per heavy atom. The van der Waals surface area contributed by atoms with Gasteiger partial charge in [0.1, 0.15) is 5.75 Å². The predicted octanol–water partition coefficient (Wildman–Crippen LogP) is 2.75. The van der Waals surface area contributed by atoms with E-state index in [-0.39, 0.29) is 0 Å². The molecule has 1 aromatic carbocycles. The van der Waals surface area contributed by atoms with Crippen LogP contribution in [0.15, 0.2) is 53.5 Å². The summed E-state index contributed by atoms with van der Waals surface area (Å²) in [6.45, 7) is 0.560. The number of nitrogens with one attached hydrogen (secondary N) is 1. The second-order valence-corrected chi connectivity index (χ2v) is 4.35. The Hall–Kier alpha value is -2.89. The summed E-state index contributed by atoms with van der Waals surface area (Å²) in [5.41, 5.74) is 2.64. The molecule has 3 rings (SSSR count). The molecule has 2 aromatic heterocycles. The largest absolute Gasteiger partial charge is 0.495 e. The van der Waals surface area contributed by atoms with Gasteiger partial charge in [-0.1, -0.05) is 0 Å². The van der Waals surface area contributed by atoms with Gasteiger partial charge in [-0.25, -0.2) is 4.98 Å². The summed E-state index contributed by atoms with van der Waals surface area (Å²) in [6.07, 6.45) is 4.73. The molecule has 3 aromatic rings. The smallest absolute Gasteiger partial charge is 0.181 e. The predicted molar refractivity (Wildman–Crippen MR) is 77.8 cm³/mol. The number of methoxy groups -OCH3 is 1. The quantitative estimate of drug-likeness (QED) is 0.775. The highest BCUT2D eigenvalue weighted by Crippen LogP contribution is 2.30. The maximum Gasteiger partial charge on any atom is 0.181 e. The average Bonchev–Trinajstić information content (AvgIpc) is 3.08. The third kappa shape index (κ3) is 3.00. The third-order valence-electron chi connectivity index (χ3n) is 3.00. The molecule has 0 saturated heterocycles. The molecule has 0 atom stereocenters. The number of nitrogens with zero attached hydrogens (tertiary/aromatic N) is 3. The summed E-state index contributed by atoms with van der Waals surface area (Å²) in [4.78, 5) is 3.93. The van der Waals surface area contributed by atoms with Crippen LogP contribution in [0.5, 0.6) is 5.75 Å². The molecule has 0 saturated carbocycles. The zero-order chi connectivity index (χ0) is 14.5. The van der Waals surface area contributed by atoms with E-state index in [0.717, 1.165) is 22.7 Å². The van der Waals surface area contributed by atoms with Gasteiger partial charge in [0.25, 0.3) is 0 Å². The summed E-state index contributed by atoms with van der Waals surface area (Å²) < 4.78 is 10.7. The zero-order valence-corrected chi connectivity index (χ0v) is 11.5. The van der Waals surface area contributed by atoms with Crippen molar-refractivity contribution in [2.24, 2.45) is 0 Å². The minimum Gasteiger partial charge on any atom is -0.495 e. The van der Waals surface area contributed by atoms with Crippen LogP contribution in [-0.2, 0) is 6.54 Å². The lowest BCUT2D eigenvalue weighted by atomic mass is 10.1. The lowest BCUT2D eigenvalue weighted by Gasteiger charge is -2.11. The SMILES string of the molecule is COc1ccc(-c2cnco2)cc1NCc1cccnn1. The fraction of sp³-hybridized carbons (Fsp3) is 0.133. The van der Waals surface area contributed by atoms with Crippen molar-refractivity contribution in [1.82, 2.24) is 15.2 Å². The van der Waals surface area contributed by atoms with Crippen LogP contribution in [-0.4, -0.2) is 22.3 Å². The number of aromatic nitrogens is 3.